The Morgan fingerprint density at radius 1 is 1.29 bits per heavy atom. The van der Waals surface area contributed by atoms with Crippen LogP contribution in [0.2, 0.25) is 0 Å². The highest BCUT2D eigenvalue weighted by atomic mass is 32.1. The average Bonchev–Trinajstić information content (AvgIpc) is 2.74. The molecule has 0 radical (unpaired) electrons. The number of rotatable bonds is 3. The number of nitrogens with zero attached hydrogens (tertiary/aromatic N) is 2. The molecule has 0 atom stereocenters. The van der Waals surface area contributed by atoms with E-state index in [2.05, 4.69) is 9.59 Å². The van der Waals surface area contributed by atoms with E-state index in [1.807, 2.05) is 6.92 Å². The minimum absolute atomic E-state index is 0.0248. The van der Waals surface area contributed by atoms with E-state index in [0.717, 1.165) is 29.7 Å². The Morgan fingerprint density at radius 3 is 2.53 bits per heavy atom. The van der Waals surface area contributed by atoms with Crippen LogP contribution in [0.3, 0.4) is 0 Å². The second-order valence-corrected chi connectivity index (χ2v) is 4.14. The third-order valence-electron chi connectivity index (χ3n) is 2.22. The first-order valence-electron chi connectivity index (χ1n) is 4.94. The van der Waals surface area contributed by atoms with Gasteiger partial charge in [-0.1, -0.05) is 11.4 Å². The van der Waals surface area contributed by atoms with Crippen molar-refractivity contribution >= 4 is 17.3 Å². The van der Waals surface area contributed by atoms with E-state index in [-0.39, 0.29) is 5.56 Å². The van der Waals surface area contributed by atoms with Crippen LogP contribution in [0.25, 0.3) is 0 Å². The molecule has 0 amide bonds. The quantitative estimate of drug-likeness (QED) is 0.791. The molecular weight excluding hydrogens is 246 g/mol. The molecule has 0 saturated carbocycles. The number of aromatic nitrogens is 2. The van der Waals surface area contributed by atoms with Crippen LogP contribution >= 0.6 is 11.5 Å². The third-order valence-corrected chi connectivity index (χ3v) is 2.99. The zero-order valence-electron chi connectivity index (χ0n) is 8.91. The van der Waals surface area contributed by atoms with Gasteiger partial charge in [-0.25, -0.2) is 8.78 Å². The molecule has 0 N–H and O–H groups in total. The number of aryl methyl sites for hydroxylation is 1. The fourth-order valence-electron chi connectivity index (χ4n) is 1.43. The van der Waals surface area contributed by atoms with Gasteiger partial charge in [0.15, 0.2) is 0 Å². The van der Waals surface area contributed by atoms with Crippen LogP contribution in [0.15, 0.2) is 18.2 Å². The maximum absolute atomic E-state index is 13.0. The average molecular weight is 254 g/mol. The summed E-state index contributed by atoms with van der Waals surface area (Å²) >= 11 is 0.933. The van der Waals surface area contributed by atoms with Crippen LogP contribution in [-0.2, 0) is 6.42 Å². The summed E-state index contributed by atoms with van der Waals surface area (Å²) in [6, 6.07) is 2.73. The molecule has 88 valence electrons. The predicted molar refractivity (Wildman–Crippen MR) is 59.1 cm³/mol. The minimum atomic E-state index is -0.774. The topological polar surface area (TPSA) is 42.9 Å². The molecule has 1 aromatic heterocycles. The highest BCUT2D eigenvalue weighted by molar-refractivity contribution is 7.08. The Hall–Kier alpha value is -1.69. The minimum Gasteiger partial charge on any atom is -0.288 e. The van der Waals surface area contributed by atoms with Crippen molar-refractivity contribution in [2.24, 2.45) is 0 Å². The van der Waals surface area contributed by atoms with Crippen LogP contribution in [0.1, 0.15) is 27.9 Å². The first-order chi connectivity index (χ1) is 8.11. The fourth-order valence-corrected chi connectivity index (χ4v) is 2.14. The number of ketones is 1. The summed E-state index contributed by atoms with van der Waals surface area (Å²) in [4.78, 5) is 12.3. The molecule has 2 rings (SSSR count). The van der Waals surface area contributed by atoms with Gasteiger partial charge in [-0.2, -0.15) is 0 Å². The Bertz CT molecular complexity index is 548. The van der Waals surface area contributed by atoms with Gasteiger partial charge in [0.05, 0.1) is 5.69 Å². The van der Waals surface area contributed by atoms with E-state index in [4.69, 9.17) is 0 Å². The Morgan fingerprint density at radius 2 is 1.94 bits per heavy atom. The summed E-state index contributed by atoms with van der Waals surface area (Å²) in [6.07, 6.45) is 0.551. The lowest BCUT2D eigenvalue weighted by molar-refractivity contribution is 0.104. The molecule has 17 heavy (non-hydrogen) atoms. The van der Waals surface area contributed by atoms with E-state index in [1.165, 1.54) is 0 Å². The van der Waals surface area contributed by atoms with Gasteiger partial charge in [0, 0.05) is 11.6 Å². The smallest absolute Gasteiger partial charge is 0.206 e. The number of carbonyl (C=O) groups excluding carboxylic acids is 1. The molecule has 1 heterocycles. The van der Waals surface area contributed by atoms with Gasteiger partial charge in [0.1, 0.15) is 16.5 Å². The van der Waals surface area contributed by atoms with Crippen LogP contribution in [0, 0.1) is 11.6 Å². The van der Waals surface area contributed by atoms with Crippen LogP contribution < -0.4 is 0 Å². The molecule has 0 aliphatic rings. The van der Waals surface area contributed by atoms with Crippen molar-refractivity contribution in [2.45, 2.75) is 13.3 Å². The summed E-state index contributed by atoms with van der Waals surface area (Å²) in [7, 11) is 0. The van der Waals surface area contributed by atoms with Gasteiger partial charge < -0.3 is 0 Å². The van der Waals surface area contributed by atoms with Crippen molar-refractivity contribution in [3.63, 3.8) is 0 Å². The lowest BCUT2D eigenvalue weighted by Crippen LogP contribution is -2.03. The highest BCUT2D eigenvalue weighted by Crippen LogP contribution is 2.18. The largest absolute Gasteiger partial charge is 0.288 e. The van der Waals surface area contributed by atoms with E-state index in [1.54, 1.807) is 0 Å². The first kappa shape index (κ1) is 11.8. The van der Waals surface area contributed by atoms with Crippen molar-refractivity contribution in [3.8, 4) is 0 Å². The Kier molecular flexibility index (Phi) is 3.23. The van der Waals surface area contributed by atoms with Crippen LogP contribution in [0.5, 0.6) is 0 Å². The molecule has 2 aromatic rings. The number of carbonyl (C=O) groups is 1. The number of hydrogen-bond acceptors (Lipinski definition) is 4. The monoisotopic (exact) mass is 254 g/mol. The summed E-state index contributed by atoms with van der Waals surface area (Å²) in [5, 5.41) is 3.79. The molecule has 6 heteroatoms. The van der Waals surface area contributed by atoms with Gasteiger partial charge in [0.2, 0.25) is 5.78 Å². The van der Waals surface area contributed by atoms with E-state index in [0.29, 0.717) is 17.0 Å². The van der Waals surface area contributed by atoms with E-state index >= 15 is 0 Å². The van der Waals surface area contributed by atoms with Crippen molar-refractivity contribution in [3.05, 3.63) is 46.0 Å². The van der Waals surface area contributed by atoms with Crippen molar-refractivity contribution in [1.29, 1.82) is 0 Å². The Labute approximate surface area is 100 Å². The molecule has 0 bridgehead atoms. The lowest BCUT2D eigenvalue weighted by atomic mass is 10.1. The van der Waals surface area contributed by atoms with Gasteiger partial charge in [-0.3, -0.25) is 4.79 Å². The first-order valence-corrected chi connectivity index (χ1v) is 5.71. The molecule has 0 spiro atoms. The predicted octanol–water partition coefficient (Wildman–Crippen LogP) is 2.61. The zero-order chi connectivity index (χ0) is 12.4. The summed E-state index contributed by atoms with van der Waals surface area (Å²) in [5.41, 5.74) is 0.521. The van der Waals surface area contributed by atoms with Crippen LogP contribution in [0.4, 0.5) is 8.78 Å². The maximum Gasteiger partial charge on any atom is 0.206 e. The number of halogens is 2. The van der Waals surface area contributed by atoms with Crippen LogP contribution in [-0.4, -0.2) is 15.4 Å². The Balaban J connectivity index is 2.43. The van der Waals surface area contributed by atoms with Crippen molar-refractivity contribution in [2.75, 3.05) is 0 Å². The van der Waals surface area contributed by atoms with Gasteiger partial charge in [-0.05, 0) is 30.1 Å². The van der Waals surface area contributed by atoms with E-state index in [9.17, 15) is 13.6 Å². The summed E-state index contributed by atoms with van der Waals surface area (Å²) < 4.78 is 29.7. The zero-order valence-corrected chi connectivity index (χ0v) is 9.72. The number of hydrogen-bond donors (Lipinski definition) is 0. The maximum atomic E-state index is 13.0. The molecule has 0 fully saturated rings. The standard InChI is InChI=1S/C11H8F2N2OS/c1-2-9-11(17-15-14-9)10(16)6-3-7(12)5-8(13)4-6/h3-5H,2H2,1H3. The molecule has 3 nitrogen and oxygen atoms in total. The summed E-state index contributed by atoms with van der Waals surface area (Å²) in [6.45, 7) is 1.83. The lowest BCUT2D eigenvalue weighted by Gasteiger charge is -2.00. The van der Waals surface area contributed by atoms with Crippen molar-refractivity contribution < 1.29 is 13.6 Å². The van der Waals surface area contributed by atoms with Gasteiger partial charge in [0.25, 0.3) is 0 Å². The molecule has 0 unspecified atom stereocenters. The second kappa shape index (κ2) is 4.67. The summed E-state index contributed by atoms with van der Waals surface area (Å²) in [5.74, 6) is -2.00. The molecular formula is C11H8F2N2OS. The number of benzene rings is 1. The third kappa shape index (κ3) is 2.36. The molecule has 0 aliphatic carbocycles. The fraction of sp³-hybridized carbons (Fsp3) is 0.182. The van der Waals surface area contributed by atoms with Gasteiger partial charge in [-0.15, -0.1) is 5.10 Å². The SMILES string of the molecule is CCc1nnsc1C(=O)c1cc(F)cc(F)c1. The second-order valence-electron chi connectivity index (χ2n) is 3.39. The highest BCUT2D eigenvalue weighted by Gasteiger charge is 2.18. The van der Waals surface area contributed by atoms with Gasteiger partial charge >= 0.3 is 0 Å². The molecule has 0 saturated heterocycles. The normalized spacial score (nSPS) is 10.5. The van der Waals surface area contributed by atoms with Crippen molar-refractivity contribution in [1.82, 2.24) is 9.59 Å². The molecule has 1 aromatic carbocycles. The van der Waals surface area contributed by atoms with E-state index < -0.39 is 17.4 Å². The molecule has 0 aliphatic heterocycles.